The molecule has 7 heteroatoms. The van der Waals surface area contributed by atoms with E-state index in [2.05, 4.69) is 41.7 Å². The van der Waals surface area contributed by atoms with Crippen LogP contribution in [0.5, 0.6) is 0 Å². The van der Waals surface area contributed by atoms with Gasteiger partial charge in [-0.15, -0.1) is 0 Å². The summed E-state index contributed by atoms with van der Waals surface area (Å²) in [5, 5.41) is 11.1. The summed E-state index contributed by atoms with van der Waals surface area (Å²) in [6.07, 6.45) is 0. The van der Waals surface area contributed by atoms with E-state index < -0.39 is 5.41 Å². The number of hydrogen-bond acceptors (Lipinski definition) is 6. The monoisotopic (exact) mass is 417 g/mol. The number of carbonyl (C=O) groups is 1. The Labute approximate surface area is 179 Å². The smallest absolute Gasteiger partial charge is 0.207 e. The fraction of sp³-hybridized carbons (Fsp3) is 0.435. The fourth-order valence-corrected chi connectivity index (χ4v) is 6.80. The van der Waals surface area contributed by atoms with E-state index >= 15 is 0 Å². The fourth-order valence-electron chi connectivity index (χ4n) is 5.61. The first-order valence-corrected chi connectivity index (χ1v) is 11.2. The first kappa shape index (κ1) is 18.1. The third-order valence-corrected chi connectivity index (χ3v) is 8.25. The summed E-state index contributed by atoms with van der Waals surface area (Å²) in [6.45, 7) is 8.63. The van der Waals surface area contributed by atoms with Crippen LogP contribution < -0.4 is 4.90 Å². The van der Waals surface area contributed by atoms with Gasteiger partial charge in [-0.3, -0.25) is 4.79 Å². The Kier molecular flexibility index (Phi) is 3.58. The molecule has 2 saturated heterocycles. The molecule has 0 spiro atoms. The number of benzene rings is 1. The van der Waals surface area contributed by atoms with E-state index in [-0.39, 0.29) is 5.78 Å². The average Bonchev–Trinajstić information content (AvgIpc) is 3.45. The van der Waals surface area contributed by atoms with Gasteiger partial charge in [-0.05, 0) is 44.9 Å². The molecule has 6 nitrogen and oxygen atoms in total. The SMILES string of the molecule is CN1C[C@@H]2CN(c3nc4c(s3)C(=O)c3c([nH]c5cc(C#N)ccc35)C4(C)C)C[C@@H]2C1. The van der Waals surface area contributed by atoms with Crippen LogP contribution in [0.3, 0.4) is 0 Å². The Morgan fingerprint density at radius 3 is 2.67 bits per heavy atom. The molecule has 4 heterocycles. The van der Waals surface area contributed by atoms with Crippen molar-refractivity contribution in [2.45, 2.75) is 19.3 Å². The van der Waals surface area contributed by atoms with Crippen LogP contribution in [0.1, 0.15) is 46.0 Å². The van der Waals surface area contributed by atoms with Crippen LogP contribution >= 0.6 is 11.3 Å². The van der Waals surface area contributed by atoms with Crippen molar-refractivity contribution in [3.05, 3.63) is 45.6 Å². The van der Waals surface area contributed by atoms with Crippen LogP contribution in [0.4, 0.5) is 5.13 Å². The molecule has 3 aromatic rings. The van der Waals surface area contributed by atoms with E-state index in [4.69, 9.17) is 4.98 Å². The zero-order valence-electron chi connectivity index (χ0n) is 17.3. The number of anilines is 1. The highest BCUT2D eigenvalue weighted by Crippen LogP contribution is 2.47. The zero-order chi connectivity index (χ0) is 20.8. The van der Waals surface area contributed by atoms with E-state index in [0.717, 1.165) is 64.0 Å². The second-order valence-corrected chi connectivity index (χ2v) is 10.5. The summed E-state index contributed by atoms with van der Waals surface area (Å²) in [5.41, 5.74) is 3.55. The van der Waals surface area contributed by atoms with Gasteiger partial charge in [0.15, 0.2) is 5.13 Å². The third-order valence-electron chi connectivity index (χ3n) is 7.13. The van der Waals surface area contributed by atoms with Crippen LogP contribution in [0.15, 0.2) is 18.2 Å². The molecular weight excluding hydrogens is 394 g/mol. The highest BCUT2D eigenvalue weighted by atomic mass is 32.1. The van der Waals surface area contributed by atoms with Crippen LogP contribution in [0.2, 0.25) is 0 Å². The van der Waals surface area contributed by atoms with E-state index in [1.54, 1.807) is 17.4 Å². The van der Waals surface area contributed by atoms with Gasteiger partial charge in [-0.25, -0.2) is 4.98 Å². The summed E-state index contributed by atoms with van der Waals surface area (Å²) in [4.78, 5) is 27.6. The Balaban J connectivity index is 1.43. The van der Waals surface area contributed by atoms with Gasteiger partial charge in [0.1, 0.15) is 4.88 Å². The summed E-state index contributed by atoms with van der Waals surface area (Å²) in [6, 6.07) is 7.67. The molecule has 0 radical (unpaired) electrons. The lowest BCUT2D eigenvalue weighted by Gasteiger charge is -2.28. The molecule has 2 atom stereocenters. The second kappa shape index (κ2) is 5.93. The predicted molar refractivity (Wildman–Crippen MR) is 117 cm³/mol. The molecular formula is C23H23N5OS. The molecule has 3 aliphatic rings. The topological polar surface area (TPSA) is 76.0 Å². The number of aromatic amines is 1. The van der Waals surface area contributed by atoms with Gasteiger partial charge in [0.2, 0.25) is 5.78 Å². The molecule has 2 aliphatic heterocycles. The molecule has 2 fully saturated rings. The number of nitrogens with one attached hydrogen (secondary N) is 1. The number of fused-ring (bicyclic) bond motifs is 5. The minimum atomic E-state index is -0.394. The number of hydrogen-bond donors (Lipinski definition) is 1. The van der Waals surface area contributed by atoms with Gasteiger partial charge in [0, 0.05) is 48.2 Å². The van der Waals surface area contributed by atoms with Crippen molar-refractivity contribution in [1.29, 1.82) is 5.26 Å². The van der Waals surface area contributed by atoms with Gasteiger partial charge < -0.3 is 14.8 Å². The zero-order valence-corrected chi connectivity index (χ0v) is 18.1. The molecule has 30 heavy (non-hydrogen) atoms. The van der Waals surface area contributed by atoms with Gasteiger partial charge in [0.25, 0.3) is 0 Å². The molecule has 1 N–H and O–H groups in total. The molecule has 6 rings (SSSR count). The lowest BCUT2D eigenvalue weighted by molar-refractivity contribution is 0.103. The number of rotatable bonds is 1. The predicted octanol–water partition coefficient (Wildman–Crippen LogP) is 3.36. The van der Waals surface area contributed by atoms with Crippen molar-refractivity contribution >= 4 is 33.2 Å². The van der Waals surface area contributed by atoms with Gasteiger partial charge in [0.05, 0.1) is 22.9 Å². The van der Waals surface area contributed by atoms with Crippen molar-refractivity contribution in [3.8, 4) is 6.07 Å². The van der Waals surface area contributed by atoms with E-state index in [1.165, 1.54) is 0 Å². The van der Waals surface area contributed by atoms with Gasteiger partial charge in [-0.1, -0.05) is 17.4 Å². The number of nitrogens with zero attached hydrogens (tertiary/aromatic N) is 4. The molecule has 152 valence electrons. The first-order chi connectivity index (χ1) is 14.4. The quantitative estimate of drug-likeness (QED) is 0.657. The third kappa shape index (κ3) is 2.32. The van der Waals surface area contributed by atoms with Gasteiger partial charge in [-0.2, -0.15) is 5.26 Å². The summed E-state index contributed by atoms with van der Waals surface area (Å²) < 4.78 is 0. The highest BCUT2D eigenvalue weighted by Gasteiger charge is 2.45. The molecule has 2 aromatic heterocycles. The minimum absolute atomic E-state index is 0.0538. The van der Waals surface area contributed by atoms with E-state index in [1.807, 2.05) is 12.1 Å². The maximum atomic E-state index is 13.6. The molecule has 1 aromatic carbocycles. The normalized spacial score (nSPS) is 24.7. The number of ketones is 1. The Morgan fingerprint density at radius 1 is 1.23 bits per heavy atom. The van der Waals surface area contributed by atoms with Gasteiger partial charge >= 0.3 is 0 Å². The molecule has 0 unspecified atom stereocenters. The minimum Gasteiger partial charge on any atom is -0.357 e. The van der Waals surface area contributed by atoms with Crippen molar-refractivity contribution < 1.29 is 4.79 Å². The summed E-state index contributed by atoms with van der Waals surface area (Å²) in [7, 11) is 2.20. The molecule has 0 saturated carbocycles. The Hall–Kier alpha value is -2.69. The largest absolute Gasteiger partial charge is 0.357 e. The van der Waals surface area contributed by atoms with Crippen LogP contribution in [-0.2, 0) is 5.41 Å². The van der Waals surface area contributed by atoms with E-state index in [9.17, 15) is 10.1 Å². The highest BCUT2D eigenvalue weighted by molar-refractivity contribution is 7.18. The van der Waals surface area contributed by atoms with Crippen molar-refractivity contribution in [2.75, 3.05) is 38.1 Å². The number of aromatic nitrogens is 2. The Bertz CT molecular complexity index is 1250. The lowest BCUT2D eigenvalue weighted by atomic mass is 9.77. The van der Waals surface area contributed by atoms with E-state index in [0.29, 0.717) is 17.4 Å². The van der Waals surface area contributed by atoms with Crippen LogP contribution in [0.25, 0.3) is 10.9 Å². The standard InChI is InChI=1S/C23H23N5OS/c1-23(2)20-17(15-5-4-12(7-24)6-16(15)25-20)18(29)19-21(23)26-22(30-19)28-10-13-8-27(3)9-14(13)11-28/h4-6,13-14,25H,8-11H2,1-3H3/t13-,14+. The first-order valence-electron chi connectivity index (χ1n) is 10.4. The average molecular weight is 418 g/mol. The molecule has 0 amide bonds. The maximum absolute atomic E-state index is 13.6. The second-order valence-electron chi connectivity index (χ2n) is 9.52. The summed E-state index contributed by atoms with van der Waals surface area (Å²) in [5.74, 6) is 1.45. The number of likely N-dealkylation sites (tertiary alicyclic amines) is 1. The van der Waals surface area contributed by atoms with Crippen molar-refractivity contribution in [2.24, 2.45) is 11.8 Å². The summed E-state index contributed by atoms with van der Waals surface area (Å²) >= 11 is 1.55. The molecule has 0 bridgehead atoms. The van der Waals surface area contributed by atoms with Crippen LogP contribution in [-0.4, -0.2) is 53.9 Å². The maximum Gasteiger partial charge on any atom is 0.207 e. The van der Waals surface area contributed by atoms with Crippen molar-refractivity contribution in [3.63, 3.8) is 0 Å². The lowest BCUT2D eigenvalue weighted by Crippen LogP contribution is -2.30. The number of H-pyrrole nitrogens is 1. The number of carbonyl (C=O) groups excluding carboxylic acids is 1. The molecule has 1 aliphatic carbocycles. The van der Waals surface area contributed by atoms with Crippen molar-refractivity contribution in [1.82, 2.24) is 14.9 Å². The Morgan fingerprint density at radius 2 is 1.97 bits per heavy atom. The number of nitriles is 1. The number of thiazole rings is 1. The van der Waals surface area contributed by atoms with Crippen LogP contribution in [0, 0.1) is 23.2 Å².